The molecular weight excluding hydrogens is 416 g/mol. The monoisotopic (exact) mass is 452 g/mol. The minimum absolute atomic E-state index is 0.196. The highest BCUT2D eigenvalue weighted by Gasteiger charge is 2.23. The van der Waals surface area contributed by atoms with Gasteiger partial charge in [-0.1, -0.05) is 57.9 Å². The minimum atomic E-state index is -0.920. The van der Waals surface area contributed by atoms with E-state index in [4.69, 9.17) is 14.6 Å². The fourth-order valence-corrected chi connectivity index (χ4v) is 4.29. The van der Waals surface area contributed by atoms with Crippen LogP contribution < -0.4 is 4.74 Å². The van der Waals surface area contributed by atoms with Crippen molar-refractivity contribution in [3.8, 4) is 5.75 Å². The number of hydrogen-bond acceptors (Lipinski definition) is 4. The molecule has 0 spiro atoms. The zero-order valence-electron chi connectivity index (χ0n) is 19.7. The van der Waals surface area contributed by atoms with Crippen molar-refractivity contribution in [3.05, 3.63) is 64.7 Å². The molecule has 0 bridgehead atoms. The molecule has 5 heteroatoms. The predicted molar refractivity (Wildman–Crippen MR) is 129 cm³/mol. The normalized spacial score (nSPS) is 15.0. The summed E-state index contributed by atoms with van der Waals surface area (Å²) in [5, 5.41) is 9.14. The van der Waals surface area contributed by atoms with Gasteiger partial charge in [-0.2, -0.15) is 0 Å². The summed E-state index contributed by atoms with van der Waals surface area (Å²) in [7, 11) is 0. The maximum absolute atomic E-state index is 12.6. The molecule has 0 aliphatic heterocycles. The summed E-state index contributed by atoms with van der Waals surface area (Å²) in [6, 6.07) is 12.3. The van der Waals surface area contributed by atoms with E-state index in [1.54, 1.807) is 24.3 Å². The lowest BCUT2D eigenvalue weighted by atomic mass is 9.88. The molecule has 3 rings (SSSR count). The molecule has 0 amide bonds. The molecule has 1 N–H and O–H groups in total. The van der Waals surface area contributed by atoms with Gasteiger partial charge in [0.05, 0.1) is 17.7 Å². The summed E-state index contributed by atoms with van der Waals surface area (Å²) in [5.41, 5.74) is 2.89. The number of hydrogen-bond donors (Lipinski definition) is 1. The fraction of sp³-hybridized carbons (Fsp3) is 0.500. The Kier molecular flexibility index (Phi) is 9.79. The first-order valence-electron chi connectivity index (χ1n) is 12.4. The van der Waals surface area contributed by atoms with Crippen LogP contribution in [0, 0.1) is 0 Å². The Morgan fingerprint density at radius 2 is 1.55 bits per heavy atom. The molecule has 0 heterocycles. The number of carbonyl (C=O) groups is 2. The lowest BCUT2D eigenvalue weighted by molar-refractivity contribution is 0.0271. The molecule has 0 saturated carbocycles. The number of esters is 1. The molecule has 1 aliphatic rings. The van der Waals surface area contributed by atoms with Crippen molar-refractivity contribution in [1.29, 1.82) is 0 Å². The Morgan fingerprint density at radius 3 is 2.24 bits per heavy atom. The zero-order chi connectivity index (χ0) is 23.5. The third-order valence-corrected chi connectivity index (χ3v) is 6.27. The fourth-order valence-electron chi connectivity index (χ4n) is 4.29. The van der Waals surface area contributed by atoms with Gasteiger partial charge in [0.1, 0.15) is 11.9 Å². The van der Waals surface area contributed by atoms with Gasteiger partial charge in [0.15, 0.2) is 0 Å². The molecule has 1 aliphatic carbocycles. The molecular formula is C28H36O5. The molecule has 0 aromatic heterocycles. The summed E-state index contributed by atoms with van der Waals surface area (Å²) in [6.45, 7) is 2.94. The average Bonchev–Trinajstić information content (AvgIpc) is 2.83. The van der Waals surface area contributed by atoms with Crippen LogP contribution in [-0.4, -0.2) is 29.8 Å². The third kappa shape index (κ3) is 7.92. The van der Waals surface area contributed by atoms with E-state index >= 15 is 0 Å². The van der Waals surface area contributed by atoms with Crippen LogP contribution >= 0.6 is 0 Å². The van der Waals surface area contributed by atoms with Crippen molar-refractivity contribution in [2.24, 2.45) is 0 Å². The number of carboxylic acid groups (broad SMARTS) is 1. The number of carbonyl (C=O) groups excluding carboxylic acids is 1. The summed E-state index contributed by atoms with van der Waals surface area (Å²) in [4.78, 5) is 23.7. The number of aryl methyl sites for hydroxylation is 1. The number of ether oxygens (including phenoxy) is 2. The Bertz CT molecular complexity index is 903. The maximum atomic E-state index is 12.6. The SMILES string of the molecule is CCCCCCCCCCOc1ccc(C(=O)OC2CCc3cc(C(=O)O)ccc3C2)cc1. The lowest BCUT2D eigenvalue weighted by Gasteiger charge is -2.25. The standard InChI is InChI=1S/C28H36O5/c1-2-3-4-5-6-7-8-9-18-32-25-15-12-21(13-16-25)28(31)33-26-17-14-22-19-24(27(29)30)11-10-23(22)20-26/h10-13,15-16,19,26H,2-9,14,17-18,20H2,1H3,(H,29,30). The van der Waals surface area contributed by atoms with Crippen molar-refractivity contribution in [2.45, 2.75) is 83.7 Å². The molecule has 178 valence electrons. The van der Waals surface area contributed by atoms with Crippen molar-refractivity contribution < 1.29 is 24.2 Å². The summed E-state index contributed by atoms with van der Waals surface area (Å²) >= 11 is 0. The number of fused-ring (bicyclic) bond motifs is 1. The van der Waals surface area contributed by atoms with E-state index < -0.39 is 5.97 Å². The van der Waals surface area contributed by atoms with Gasteiger partial charge in [-0.05, 0) is 66.8 Å². The number of rotatable bonds is 13. The van der Waals surface area contributed by atoms with Crippen LogP contribution in [0.1, 0.15) is 96.6 Å². The van der Waals surface area contributed by atoms with Crippen LogP contribution in [0.5, 0.6) is 5.75 Å². The van der Waals surface area contributed by atoms with Gasteiger partial charge in [-0.25, -0.2) is 9.59 Å². The smallest absolute Gasteiger partial charge is 0.338 e. The highest BCUT2D eigenvalue weighted by molar-refractivity contribution is 5.89. The van der Waals surface area contributed by atoms with Gasteiger partial charge in [0, 0.05) is 6.42 Å². The number of unbranched alkanes of at least 4 members (excludes halogenated alkanes) is 7. The topological polar surface area (TPSA) is 72.8 Å². The Morgan fingerprint density at radius 1 is 0.879 bits per heavy atom. The molecule has 1 unspecified atom stereocenters. The van der Waals surface area contributed by atoms with Gasteiger partial charge in [0.2, 0.25) is 0 Å². The highest BCUT2D eigenvalue weighted by Crippen LogP contribution is 2.25. The number of benzene rings is 2. The number of carboxylic acids is 1. The molecule has 5 nitrogen and oxygen atoms in total. The largest absolute Gasteiger partial charge is 0.494 e. The van der Waals surface area contributed by atoms with E-state index in [1.165, 1.54) is 44.9 Å². The Hall–Kier alpha value is -2.82. The van der Waals surface area contributed by atoms with Gasteiger partial charge < -0.3 is 14.6 Å². The van der Waals surface area contributed by atoms with Gasteiger partial charge >= 0.3 is 11.9 Å². The summed E-state index contributed by atoms with van der Waals surface area (Å²) in [6.07, 6.45) is 12.0. The molecule has 33 heavy (non-hydrogen) atoms. The van der Waals surface area contributed by atoms with Crippen molar-refractivity contribution in [3.63, 3.8) is 0 Å². The molecule has 0 saturated heterocycles. The van der Waals surface area contributed by atoms with Gasteiger partial charge in [-0.15, -0.1) is 0 Å². The van der Waals surface area contributed by atoms with Crippen LogP contribution in [0.4, 0.5) is 0 Å². The first-order chi connectivity index (χ1) is 16.1. The van der Waals surface area contributed by atoms with Gasteiger partial charge in [-0.3, -0.25) is 0 Å². The quantitative estimate of drug-likeness (QED) is 0.273. The molecule has 2 aromatic carbocycles. The van der Waals surface area contributed by atoms with Crippen molar-refractivity contribution >= 4 is 11.9 Å². The first-order valence-corrected chi connectivity index (χ1v) is 12.4. The van der Waals surface area contributed by atoms with E-state index in [2.05, 4.69) is 6.92 Å². The lowest BCUT2D eigenvalue weighted by Crippen LogP contribution is -2.25. The minimum Gasteiger partial charge on any atom is -0.494 e. The predicted octanol–water partition coefficient (Wildman–Crippen LogP) is 6.62. The van der Waals surface area contributed by atoms with Crippen LogP contribution in [0.3, 0.4) is 0 Å². The third-order valence-electron chi connectivity index (χ3n) is 6.27. The first kappa shape index (κ1) is 24.8. The van der Waals surface area contributed by atoms with Gasteiger partial charge in [0.25, 0.3) is 0 Å². The average molecular weight is 453 g/mol. The second-order valence-electron chi connectivity index (χ2n) is 8.91. The second-order valence-corrected chi connectivity index (χ2v) is 8.91. The van der Waals surface area contributed by atoms with E-state index in [0.29, 0.717) is 37.0 Å². The van der Waals surface area contributed by atoms with Crippen LogP contribution in [0.25, 0.3) is 0 Å². The van der Waals surface area contributed by atoms with E-state index in [1.807, 2.05) is 18.2 Å². The summed E-state index contributed by atoms with van der Waals surface area (Å²) in [5.74, 6) is -0.480. The van der Waals surface area contributed by atoms with Crippen molar-refractivity contribution in [1.82, 2.24) is 0 Å². The van der Waals surface area contributed by atoms with E-state index in [0.717, 1.165) is 23.3 Å². The van der Waals surface area contributed by atoms with Crippen LogP contribution in [0.15, 0.2) is 42.5 Å². The van der Waals surface area contributed by atoms with Crippen LogP contribution in [0.2, 0.25) is 0 Å². The van der Waals surface area contributed by atoms with E-state index in [9.17, 15) is 9.59 Å². The summed E-state index contributed by atoms with van der Waals surface area (Å²) < 4.78 is 11.5. The number of aromatic carboxylic acids is 1. The molecule has 0 fully saturated rings. The molecule has 1 atom stereocenters. The highest BCUT2D eigenvalue weighted by atomic mass is 16.5. The Labute approximate surface area is 197 Å². The van der Waals surface area contributed by atoms with Crippen molar-refractivity contribution in [2.75, 3.05) is 6.61 Å². The maximum Gasteiger partial charge on any atom is 0.338 e. The Balaban J connectivity index is 1.37. The van der Waals surface area contributed by atoms with E-state index in [-0.39, 0.29) is 12.1 Å². The molecule has 2 aromatic rings. The zero-order valence-corrected chi connectivity index (χ0v) is 19.7. The second kappa shape index (κ2) is 13.0. The molecule has 0 radical (unpaired) electrons. The van der Waals surface area contributed by atoms with Crippen LogP contribution in [-0.2, 0) is 17.6 Å².